The van der Waals surface area contributed by atoms with Gasteiger partial charge in [0.1, 0.15) is 11.4 Å². The Balaban J connectivity index is 1.88. The standard InChI is InChI=1S/C19H13ClFN3O2/c1-2-24-10-15(17(25)14-9-13(21)7-8-16(14)24)19-22-18(23-26-19)11-3-5-12(20)6-4-11/h3-10H,2H2,1H3. The summed E-state index contributed by atoms with van der Waals surface area (Å²) in [6.45, 7) is 2.54. The van der Waals surface area contributed by atoms with Crippen molar-refractivity contribution in [1.29, 1.82) is 0 Å². The van der Waals surface area contributed by atoms with Crippen LogP contribution in [0.1, 0.15) is 6.92 Å². The van der Waals surface area contributed by atoms with Gasteiger partial charge < -0.3 is 9.09 Å². The molecule has 4 rings (SSSR count). The van der Waals surface area contributed by atoms with Crippen LogP contribution in [0, 0.1) is 5.82 Å². The zero-order valence-corrected chi connectivity index (χ0v) is 14.5. The Kier molecular flexibility index (Phi) is 4.05. The number of pyridine rings is 1. The van der Waals surface area contributed by atoms with Crippen molar-refractivity contribution in [3.05, 3.63) is 69.7 Å². The lowest BCUT2D eigenvalue weighted by Crippen LogP contribution is -2.12. The van der Waals surface area contributed by atoms with E-state index in [0.29, 0.717) is 28.5 Å². The number of fused-ring (bicyclic) bond motifs is 1. The van der Waals surface area contributed by atoms with E-state index in [4.69, 9.17) is 16.1 Å². The smallest absolute Gasteiger partial charge is 0.263 e. The van der Waals surface area contributed by atoms with E-state index >= 15 is 0 Å². The Morgan fingerprint density at radius 2 is 1.96 bits per heavy atom. The third-order valence-electron chi connectivity index (χ3n) is 4.14. The molecule has 0 spiro atoms. The first-order valence-corrected chi connectivity index (χ1v) is 8.37. The predicted molar refractivity (Wildman–Crippen MR) is 97.6 cm³/mol. The molecule has 0 atom stereocenters. The number of aryl methyl sites for hydroxylation is 1. The fourth-order valence-corrected chi connectivity index (χ4v) is 2.96. The Labute approximate surface area is 152 Å². The molecule has 0 saturated heterocycles. The number of halogens is 2. The molecule has 2 heterocycles. The maximum absolute atomic E-state index is 13.6. The van der Waals surface area contributed by atoms with Crippen LogP contribution in [0.3, 0.4) is 0 Å². The Morgan fingerprint density at radius 1 is 1.19 bits per heavy atom. The molecule has 130 valence electrons. The molecule has 4 aromatic rings. The summed E-state index contributed by atoms with van der Waals surface area (Å²) < 4.78 is 20.8. The molecule has 0 radical (unpaired) electrons. The van der Waals surface area contributed by atoms with Crippen molar-refractivity contribution < 1.29 is 8.91 Å². The van der Waals surface area contributed by atoms with E-state index in [-0.39, 0.29) is 22.3 Å². The maximum atomic E-state index is 13.6. The molecular formula is C19H13ClFN3O2. The van der Waals surface area contributed by atoms with E-state index in [1.165, 1.54) is 12.1 Å². The van der Waals surface area contributed by atoms with E-state index < -0.39 is 5.82 Å². The summed E-state index contributed by atoms with van der Waals surface area (Å²) in [6, 6.07) is 11.1. The van der Waals surface area contributed by atoms with Crippen molar-refractivity contribution in [2.75, 3.05) is 0 Å². The Morgan fingerprint density at radius 3 is 2.69 bits per heavy atom. The van der Waals surface area contributed by atoms with E-state index in [2.05, 4.69) is 10.1 Å². The molecule has 0 N–H and O–H groups in total. The summed E-state index contributed by atoms with van der Waals surface area (Å²) in [5.41, 5.74) is 1.25. The van der Waals surface area contributed by atoms with Crippen molar-refractivity contribution in [1.82, 2.24) is 14.7 Å². The van der Waals surface area contributed by atoms with Gasteiger partial charge in [-0.2, -0.15) is 4.98 Å². The van der Waals surface area contributed by atoms with Gasteiger partial charge in [0.05, 0.1) is 5.52 Å². The third-order valence-corrected chi connectivity index (χ3v) is 4.39. The second kappa shape index (κ2) is 6.38. The summed E-state index contributed by atoms with van der Waals surface area (Å²) in [7, 11) is 0. The van der Waals surface area contributed by atoms with Gasteiger partial charge in [-0.15, -0.1) is 0 Å². The SMILES string of the molecule is CCn1cc(-c2nc(-c3ccc(Cl)cc3)no2)c(=O)c2cc(F)ccc21. The normalized spacial score (nSPS) is 11.2. The van der Waals surface area contributed by atoms with E-state index in [1.54, 1.807) is 36.5 Å². The van der Waals surface area contributed by atoms with Crippen LogP contribution in [0.15, 0.2) is 58.0 Å². The number of hydrogen-bond donors (Lipinski definition) is 0. The number of rotatable bonds is 3. The summed E-state index contributed by atoms with van der Waals surface area (Å²) in [4.78, 5) is 17.1. The van der Waals surface area contributed by atoms with Gasteiger partial charge in [0.25, 0.3) is 5.89 Å². The molecule has 0 amide bonds. The molecule has 26 heavy (non-hydrogen) atoms. The molecule has 0 aliphatic heterocycles. The fourth-order valence-electron chi connectivity index (χ4n) is 2.83. The molecule has 0 bridgehead atoms. The molecule has 0 unspecified atom stereocenters. The summed E-state index contributed by atoms with van der Waals surface area (Å²) in [6.07, 6.45) is 1.65. The lowest BCUT2D eigenvalue weighted by Gasteiger charge is -2.09. The molecule has 0 saturated carbocycles. The highest BCUT2D eigenvalue weighted by Crippen LogP contribution is 2.23. The summed E-state index contributed by atoms with van der Waals surface area (Å²) in [5.74, 6) is -0.0337. The van der Waals surface area contributed by atoms with Crippen molar-refractivity contribution in [2.45, 2.75) is 13.5 Å². The number of aromatic nitrogens is 3. The molecule has 0 fully saturated rings. The average molecular weight is 370 g/mol. The van der Waals surface area contributed by atoms with Crippen LogP contribution in [0.25, 0.3) is 33.7 Å². The quantitative estimate of drug-likeness (QED) is 0.532. The lowest BCUT2D eigenvalue weighted by molar-refractivity contribution is 0.431. The molecule has 5 nitrogen and oxygen atoms in total. The van der Waals surface area contributed by atoms with Crippen LogP contribution in [-0.4, -0.2) is 14.7 Å². The van der Waals surface area contributed by atoms with Crippen LogP contribution in [0.5, 0.6) is 0 Å². The number of nitrogens with zero attached hydrogens (tertiary/aromatic N) is 3. The van der Waals surface area contributed by atoms with Crippen LogP contribution >= 0.6 is 11.6 Å². The van der Waals surface area contributed by atoms with Gasteiger partial charge in [0, 0.05) is 28.7 Å². The fraction of sp³-hybridized carbons (Fsp3) is 0.105. The highest BCUT2D eigenvalue weighted by molar-refractivity contribution is 6.30. The van der Waals surface area contributed by atoms with Crippen LogP contribution in [-0.2, 0) is 6.54 Å². The van der Waals surface area contributed by atoms with Crippen LogP contribution < -0.4 is 5.43 Å². The largest absolute Gasteiger partial charge is 0.347 e. The Bertz CT molecular complexity index is 1170. The van der Waals surface area contributed by atoms with Gasteiger partial charge in [0.2, 0.25) is 11.3 Å². The van der Waals surface area contributed by atoms with Crippen LogP contribution in [0.2, 0.25) is 5.02 Å². The van der Waals surface area contributed by atoms with Gasteiger partial charge >= 0.3 is 0 Å². The highest BCUT2D eigenvalue weighted by atomic mass is 35.5. The van der Waals surface area contributed by atoms with Crippen molar-refractivity contribution in [3.8, 4) is 22.8 Å². The van der Waals surface area contributed by atoms with Gasteiger partial charge in [-0.3, -0.25) is 4.79 Å². The maximum Gasteiger partial charge on any atom is 0.263 e. The highest BCUT2D eigenvalue weighted by Gasteiger charge is 2.17. The molecule has 2 aromatic carbocycles. The Hall–Kier alpha value is -2.99. The van der Waals surface area contributed by atoms with Gasteiger partial charge in [-0.1, -0.05) is 16.8 Å². The van der Waals surface area contributed by atoms with Crippen molar-refractivity contribution in [3.63, 3.8) is 0 Å². The zero-order chi connectivity index (χ0) is 18.3. The predicted octanol–water partition coefficient (Wildman–Crippen LogP) is 4.53. The van der Waals surface area contributed by atoms with E-state index in [1.807, 2.05) is 11.5 Å². The van der Waals surface area contributed by atoms with Gasteiger partial charge in [0.15, 0.2) is 0 Å². The average Bonchev–Trinajstić information content (AvgIpc) is 3.13. The first kappa shape index (κ1) is 16.5. The second-order valence-electron chi connectivity index (χ2n) is 5.75. The molecule has 0 aliphatic carbocycles. The first-order valence-electron chi connectivity index (χ1n) is 7.99. The minimum Gasteiger partial charge on any atom is -0.347 e. The molecular weight excluding hydrogens is 357 g/mol. The third kappa shape index (κ3) is 2.78. The molecule has 0 aliphatic rings. The first-order chi connectivity index (χ1) is 12.6. The van der Waals surface area contributed by atoms with E-state index in [0.717, 1.165) is 0 Å². The molecule has 7 heteroatoms. The molecule has 2 aromatic heterocycles. The number of benzene rings is 2. The van der Waals surface area contributed by atoms with Crippen LogP contribution in [0.4, 0.5) is 4.39 Å². The number of hydrogen-bond acceptors (Lipinski definition) is 4. The van der Waals surface area contributed by atoms with Crippen molar-refractivity contribution in [2.24, 2.45) is 0 Å². The van der Waals surface area contributed by atoms with Crippen molar-refractivity contribution >= 4 is 22.5 Å². The zero-order valence-electron chi connectivity index (χ0n) is 13.7. The minimum atomic E-state index is -0.471. The topological polar surface area (TPSA) is 60.9 Å². The second-order valence-corrected chi connectivity index (χ2v) is 6.19. The monoisotopic (exact) mass is 369 g/mol. The van der Waals surface area contributed by atoms with Gasteiger partial charge in [-0.25, -0.2) is 4.39 Å². The lowest BCUT2D eigenvalue weighted by atomic mass is 10.1. The summed E-state index contributed by atoms with van der Waals surface area (Å²) >= 11 is 5.88. The van der Waals surface area contributed by atoms with E-state index in [9.17, 15) is 9.18 Å². The minimum absolute atomic E-state index is 0.0910. The summed E-state index contributed by atoms with van der Waals surface area (Å²) in [5, 5.41) is 4.81. The van der Waals surface area contributed by atoms with Gasteiger partial charge in [-0.05, 0) is 49.4 Å².